The maximum Gasteiger partial charge on any atom is 0.244 e. The van der Waals surface area contributed by atoms with Gasteiger partial charge in [-0.2, -0.15) is 0 Å². The number of aryl methyl sites for hydroxylation is 1. The van der Waals surface area contributed by atoms with Crippen LogP contribution in [0.5, 0.6) is 0 Å². The molecule has 2 rings (SSSR count). The average molecular weight is 416 g/mol. The van der Waals surface area contributed by atoms with Crippen LogP contribution in [-0.4, -0.2) is 12.5 Å². The molecule has 0 radical (unpaired) electrons. The highest BCUT2D eigenvalue weighted by Gasteiger charge is 2.30. The van der Waals surface area contributed by atoms with Gasteiger partial charge in [-0.15, -0.1) is 12.4 Å². The van der Waals surface area contributed by atoms with Crippen LogP contribution in [0.2, 0.25) is 0 Å². The third kappa shape index (κ3) is 5.03. The first-order chi connectivity index (χ1) is 10.8. The highest BCUT2D eigenvalue weighted by Crippen LogP contribution is 2.20. The van der Waals surface area contributed by atoms with Crippen molar-refractivity contribution in [2.75, 3.05) is 6.54 Å². The summed E-state index contributed by atoms with van der Waals surface area (Å²) < 4.78 is 14.0. The fraction of sp³-hybridized carbons (Fsp3) is 0.278. The highest BCUT2D eigenvalue weighted by molar-refractivity contribution is 9.10. The fourth-order valence-corrected chi connectivity index (χ4v) is 2.63. The second-order valence-electron chi connectivity index (χ2n) is 5.79. The van der Waals surface area contributed by atoms with E-state index < -0.39 is 5.54 Å². The summed E-state index contributed by atoms with van der Waals surface area (Å²) in [6, 6.07) is 12.0. The Kier molecular flexibility index (Phi) is 7.39. The number of halogens is 3. The summed E-state index contributed by atoms with van der Waals surface area (Å²) in [5.41, 5.74) is 7.72. The molecule has 0 bridgehead atoms. The number of amides is 1. The van der Waals surface area contributed by atoms with Crippen LogP contribution in [0.15, 0.2) is 46.9 Å². The molecule has 3 N–H and O–H groups in total. The summed E-state index contributed by atoms with van der Waals surface area (Å²) >= 11 is 3.36. The molecule has 2 aromatic carbocycles. The Hall–Kier alpha value is -1.43. The van der Waals surface area contributed by atoms with Crippen molar-refractivity contribution in [3.05, 3.63) is 69.4 Å². The van der Waals surface area contributed by atoms with Crippen LogP contribution in [-0.2, 0) is 16.8 Å². The molecular formula is C18H21BrClFN2O. The van der Waals surface area contributed by atoms with Gasteiger partial charge in [-0.3, -0.25) is 4.79 Å². The van der Waals surface area contributed by atoms with Gasteiger partial charge in [0.1, 0.15) is 11.4 Å². The molecule has 0 aromatic heterocycles. The number of rotatable bonds is 5. The van der Waals surface area contributed by atoms with Crippen LogP contribution < -0.4 is 11.1 Å². The number of nitrogens with two attached hydrogens (primary N) is 1. The van der Waals surface area contributed by atoms with Crippen molar-refractivity contribution >= 4 is 34.2 Å². The molecule has 3 nitrogen and oxygen atoms in total. The molecule has 0 aliphatic heterocycles. The molecule has 0 saturated heterocycles. The number of nitrogens with one attached hydrogen (secondary N) is 1. The smallest absolute Gasteiger partial charge is 0.244 e. The zero-order valence-electron chi connectivity index (χ0n) is 13.6. The summed E-state index contributed by atoms with van der Waals surface area (Å²) in [5.74, 6) is -0.486. The Bertz CT molecular complexity index is 705. The molecule has 6 heteroatoms. The third-order valence-corrected chi connectivity index (χ3v) is 4.43. The van der Waals surface area contributed by atoms with Crippen molar-refractivity contribution in [3.63, 3.8) is 0 Å². The van der Waals surface area contributed by atoms with Crippen molar-refractivity contribution < 1.29 is 9.18 Å². The Morgan fingerprint density at radius 3 is 2.46 bits per heavy atom. The van der Waals surface area contributed by atoms with Gasteiger partial charge in [-0.25, -0.2) is 4.39 Å². The van der Waals surface area contributed by atoms with Gasteiger partial charge < -0.3 is 11.1 Å². The number of hydrogen-bond acceptors (Lipinski definition) is 2. The normalized spacial score (nSPS) is 12.9. The van der Waals surface area contributed by atoms with Crippen LogP contribution in [0, 0.1) is 12.7 Å². The van der Waals surface area contributed by atoms with E-state index in [1.54, 1.807) is 13.0 Å². The number of hydrogen-bond donors (Lipinski definition) is 2. The molecule has 130 valence electrons. The van der Waals surface area contributed by atoms with Crippen LogP contribution in [0.25, 0.3) is 0 Å². The summed E-state index contributed by atoms with van der Waals surface area (Å²) in [5, 5.41) is 2.86. The van der Waals surface area contributed by atoms with E-state index in [0.29, 0.717) is 13.0 Å². The Balaban J connectivity index is 0.00000288. The molecular weight excluding hydrogens is 395 g/mol. The lowest BCUT2D eigenvalue weighted by atomic mass is 9.92. The van der Waals surface area contributed by atoms with Gasteiger partial charge in [0.15, 0.2) is 0 Å². The maximum atomic E-state index is 13.1. The van der Waals surface area contributed by atoms with Crippen molar-refractivity contribution in [2.45, 2.75) is 25.8 Å². The quantitative estimate of drug-likeness (QED) is 0.779. The molecule has 0 spiro atoms. The van der Waals surface area contributed by atoms with E-state index in [1.165, 1.54) is 12.1 Å². The van der Waals surface area contributed by atoms with Gasteiger partial charge in [0.25, 0.3) is 0 Å². The third-order valence-electron chi connectivity index (χ3n) is 3.90. The van der Waals surface area contributed by atoms with Gasteiger partial charge in [0.05, 0.1) is 0 Å². The second-order valence-corrected chi connectivity index (χ2v) is 6.70. The molecule has 1 unspecified atom stereocenters. The van der Waals surface area contributed by atoms with Gasteiger partial charge in [0, 0.05) is 11.0 Å². The van der Waals surface area contributed by atoms with Crippen molar-refractivity contribution in [3.8, 4) is 0 Å². The first-order valence-corrected chi connectivity index (χ1v) is 8.18. The van der Waals surface area contributed by atoms with Crippen LogP contribution in [0.4, 0.5) is 4.39 Å². The monoisotopic (exact) mass is 414 g/mol. The summed E-state index contributed by atoms with van der Waals surface area (Å²) in [6.45, 7) is 4.00. The van der Waals surface area contributed by atoms with Crippen molar-refractivity contribution in [1.29, 1.82) is 0 Å². The van der Waals surface area contributed by atoms with Gasteiger partial charge in [-0.05, 0) is 61.2 Å². The summed E-state index contributed by atoms with van der Waals surface area (Å²) in [6.07, 6.45) is 0.633. The first-order valence-electron chi connectivity index (χ1n) is 7.39. The molecule has 0 aliphatic rings. The van der Waals surface area contributed by atoms with E-state index in [0.717, 1.165) is 21.2 Å². The number of carbonyl (C=O) groups is 1. The van der Waals surface area contributed by atoms with Crippen molar-refractivity contribution in [1.82, 2.24) is 5.32 Å². The lowest BCUT2D eigenvalue weighted by molar-refractivity contribution is -0.126. The van der Waals surface area contributed by atoms with E-state index >= 15 is 0 Å². The van der Waals surface area contributed by atoms with E-state index in [4.69, 9.17) is 5.73 Å². The molecule has 1 atom stereocenters. The molecule has 0 aliphatic carbocycles. The molecule has 1 amide bonds. The predicted molar refractivity (Wildman–Crippen MR) is 101 cm³/mol. The first kappa shape index (κ1) is 20.6. The highest BCUT2D eigenvalue weighted by atomic mass is 79.9. The minimum absolute atomic E-state index is 0. The standard InChI is InChI=1S/C18H20BrFN2O.ClH/c1-12-11-16(20)8-3-13(12)9-10-22-17(23)18(2,21)14-4-6-15(19)7-5-14;/h3-8,11H,9-10,21H2,1-2H3,(H,22,23);1H. The van der Waals surface area contributed by atoms with Crippen molar-refractivity contribution in [2.24, 2.45) is 5.73 Å². The largest absolute Gasteiger partial charge is 0.354 e. The van der Waals surface area contributed by atoms with Crippen LogP contribution in [0.1, 0.15) is 23.6 Å². The fourth-order valence-electron chi connectivity index (χ4n) is 2.36. The second kappa shape index (κ2) is 8.60. The van der Waals surface area contributed by atoms with Gasteiger partial charge >= 0.3 is 0 Å². The van der Waals surface area contributed by atoms with Gasteiger partial charge in [-0.1, -0.05) is 34.1 Å². The predicted octanol–water partition coefficient (Wildman–Crippen LogP) is 3.85. The number of carbonyl (C=O) groups excluding carboxylic acids is 1. The Labute approximate surface area is 156 Å². The zero-order chi connectivity index (χ0) is 17.0. The summed E-state index contributed by atoms with van der Waals surface area (Å²) in [7, 11) is 0. The molecule has 2 aromatic rings. The lowest BCUT2D eigenvalue weighted by Gasteiger charge is -2.24. The maximum absolute atomic E-state index is 13.1. The average Bonchev–Trinajstić information content (AvgIpc) is 2.49. The Morgan fingerprint density at radius 2 is 1.88 bits per heavy atom. The van der Waals surface area contributed by atoms with E-state index in [9.17, 15) is 9.18 Å². The Morgan fingerprint density at radius 1 is 1.25 bits per heavy atom. The van der Waals surface area contributed by atoms with E-state index in [2.05, 4.69) is 21.2 Å². The van der Waals surface area contributed by atoms with E-state index in [-0.39, 0.29) is 24.1 Å². The minimum atomic E-state index is -1.10. The molecule has 24 heavy (non-hydrogen) atoms. The molecule has 0 saturated carbocycles. The minimum Gasteiger partial charge on any atom is -0.354 e. The zero-order valence-corrected chi connectivity index (χ0v) is 16.0. The lowest BCUT2D eigenvalue weighted by Crippen LogP contribution is -2.49. The van der Waals surface area contributed by atoms with Crippen LogP contribution in [0.3, 0.4) is 0 Å². The topological polar surface area (TPSA) is 55.1 Å². The van der Waals surface area contributed by atoms with Gasteiger partial charge in [0.2, 0.25) is 5.91 Å². The summed E-state index contributed by atoms with van der Waals surface area (Å²) in [4.78, 5) is 12.4. The number of benzene rings is 2. The van der Waals surface area contributed by atoms with Crippen LogP contribution >= 0.6 is 28.3 Å². The molecule has 0 heterocycles. The SMILES string of the molecule is Cc1cc(F)ccc1CCNC(=O)C(C)(N)c1ccc(Br)cc1.Cl. The molecule has 0 fully saturated rings. The van der Waals surface area contributed by atoms with E-state index in [1.807, 2.05) is 31.2 Å².